The number of fused-ring (bicyclic) bond motifs is 5. The van der Waals surface area contributed by atoms with Crippen LogP contribution in [-0.2, 0) is 19.1 Å². The molecule has 0 aromatic heterocycles. The van der Waals surface area contributed by atoms with Crippen molar-refractivity contribution in [2.45, 2.75) is 71.1 Å². The first-order valence-corrected chi connectivity index (χ1v) is 13.6. The molecule has 4 aliphatic carbocycles. The third-order valence-electron chi connectivity index (χ3n) is 9.36. The number of nitrogens with zero attached hydrogens (tertiary/aromatic N) is 1. The predicted octanol–water partition coefficient (Wildman–Crippen LogP) is 4.54. The van der Waals surface area contributed by atoms with E-state index >= 15 is 8.78 Å². The van der Waals surface area contributed by atoms with Gasteiger partial charge in [0.05, 0.1) is 23.5 Å². The van der Waals surface area contributed by atoms with E-state index in [2.05, 4.69) is 6.92 Å². The Morgan fingerprint density at radius 1 is 1.22 bits per heavy atom. The zero-order chi connectivity index (χ0) is 27.5. The first-order chi connectivity index (χ1) is 17.2. The summed E-state index contributed by atoms with van der Waals surface area (Å²) in [6.45, 7) is 4.33. The molecule has 0 aromatic rings. The second-order valence-corrected chi connectivity index (χ2v) is 12.6. The molecular formula is C27H35F2NO6S. The molecule has 1 amide bonds. The van der Waals surface area contributed by atoms with Crippen LogP contribution in [0.2, 0.25) is 0 Å². The number of hydrogen-bond acceptors (Lipinski definition) is 7. The van der Waals surface area contributed by atoms with Gasteiger partial charge in [0.25, 0.3) is 5.24 Å². The molecule has 4 rings (SSSR count). The summed E-state index contributed by atoms with van der Waals surface area (Å²) in [5, 5.41) is 7.77. The van der Waals surface area contributed by atoms with Gasteiger partial charge in [-0.05, 0) is 68.9 Å². The summed E-state index contributed by atoms with van der Waals surface area (Å²) in [4.78, 5) is 53.2. The zero-order valence-corrected chi connectivity index (χ0v) is 22.8. The molecule has 4 aliphatic rings. The predicted molar refractivity (Wildman–Crippen MR) is 134 cm³/mol. The first-order valence-electron chi connectivity index (χ1n) is 12.8. The van der Waals surface area contributed by atoms with Crippen molar-refractivity contribution in [1.29, 1.82) is 0 Å². The fourth-order valence-electron chi connectivity index (χ4n) is 7.14. The summed E-state index contributed by atoms with van der Waals surface area (Å²) in [5.41, 5.74) is -4.76. The third kappa shape index (κ3) is 4.18. The van der Waals surface area contributed by atoms with Crippen LogP contribution in [0.1, 0.15) is 59.3 Å². The fraction of sp³-hybridized carbons (Fsp3) is 0.704. The maximum atomic E-state index is 17.7. The Morgan fingerprint density at radius 2 is 1.89 bits per heavy atom. The van der Waals surface area contributed by atoms with E-state index in [-0.39, 0.29) is 41.5 Å². The number of ketones is 1. The van der Waals surface area contributed by atoms with Crippen LogP contribution >= 0.6 is 11.8 Å². The molecule has 0 aliphatic heterocycles. The highest BCUT2D eigenvalue weighted by molar-refractivity contribution is 8.26. The van der Waals surface area contributed by atoms with Gasteiger partial charge in [0, 0.05) is 31.8 Å². The van der Waals surface area contributed by atoms with Gasteiger partial charge in [-0.1, -0.05) is 13.3 Å². The van der Waals surface area contributed by atoms with Gasteiger partial charge in [0.1, 0.15) is 11.8 Å². The minimum atomic E-state index is -2.09. The Morgan fingerprint density at radius 3 is 2.51 bits per heavy atom. The van der Waals surface area contributed by atoms with Crippen LogP contribution in [0.15, 0.2) is 23.0 Å². The van der Waals surface area contributed by atoms with Crippen molar-refractivity contribution >= 4 is 33.9 Å². The summed E-state index contributed by atoms with van der Waals surface area (Å²) in [6, 6.07) is 0. The van der Waals surface area contributed by atoms with Gasteiger partial charge in [-0.15, -0.1) is 0 Å². The normalized spacial score (nSPS) is 37.7. The van der Waals surface area contributed by atoms with Gasteiger partial charge < -0.3 is 14.7 Å². The lowest BCUT2D eigenvalue weighted by Gasteiger charge is -2.61. The van der Waals surface area contributed by atoms with Gasteiger partial charge in [-0.2, -0.15) is 0 Å². The number of allylic oxidation sites excluding steroid dienone is 2. The van der Waals surface area contributed by atoms with Crippen molar-refractivity contribution in [3.05, 3.63) is 23.0 Å². The van der Waals surface area contributed by atoms with Crippen LogP contribution < -0.4 is 0 Å². The molecule has 1 unspecified atom stereocenters. The molecular weight excluding hydrogens is 504 g/mol. The van der Waals surface area contributed by atoms with Gasteiger partial charge in [0.15, 0.2) is 5.76 Å². The topological polar surface area (TPSA) is 101 Å². The molecule has 0 heterocycles. The standard InChI is InChI=1S/C27H35F2NO6S/c1-14(13-31)22(33)36-21-19(32)12-17-18(28)11-16-15-7-6-8-25(15,2)9-10-27(16,29)26(17,3)20(21)23(34)37-24(35)30(4)5/h12,14-16,18,31H,6-11,13H2,1-5H3/t14?,15-,16-,18-,25-,26+,27+/m0/s1. The molecule has 37 heavy (non-hydrogen) atoms. The lowest BCUT2D eigenvalue weighted by molar-refractivity contribution is -0.150. The number of hydrogen-bond donors (Lipinski definition) is 1. The number of carbonyl (C=O) groups is 4. The summed E-state index contributed by atoms with van der Waals surface area (Å²) in [5.74, 6) is -4.42. The van der Waals surface area contributed by atoms with E-state index in [1.54, 1.807) is 0 Å². The van der Waals surface area contributed by atoms with Gasteiger partial charge in [0.2, 0.25) is 10.9 Å². The largest absolute Gasteiger partial charge is 0.422 e. The van der Waals surface area contributed by atoms with E-state index in [1.807, 2.05) is 0 Å². The number of rotatable bonds is 4. The number of halogens is 2. The second kappa shape index (κ2) is 9.59. The van der Waals surface area contributed by atoms with Crippen LogP contribution in [0.5, 0.6) is 0 Å². The van der Waals surface area contributed by atoms with Crippen molar-refractivity contribution in [3.63, 3.8) is 0 Å². The number of esters is 1. The van der Waals surface area contributed by atoms with Crippen molar-refractivity contribution in [1.82, 2.24) is 4.90 Å². The van der Waals surface area contributed by atoms with Crippen LogP contribution in [0.3, 0.4) is 0 Å². The maximum absolute atomic E-state index is 17.7. The van der Waals surface area contributed by atoms with Crippen molar-refractivity contribution in [3.8, 4) is 0 Å². The molecule has 3 saturated carbocycles. The molecule has 0 aromatic carbocycles. The third-order valence-corrected chi connectivity index (χ3v) is 10.3. The van der Waals surface area contributed by atoms with Crippen molar-refractivity contribution in [2.75, 3.05) is 20.7 Å². The molecule has 0 radical (unpaired) electrons. The summed E-state index contributed by atoms with van der Waals surface area (Å²) in [7, 11) is 2.87. The Hall–Kier alpha value is -2.07. The number of alkyl halides is 2. The molecule has 3 fully saturated rings. The van der Waals surface area contributed by atoms with E-state index in [1.165, 1.54) is 27.9 Å². The van der Waals surface area contributed by atoms with E-state index in [0.29, 0.717) is 6.42 Å². The smallest absolute Gasteiger partial charge is 0.316 e. The summed E-state index contributed by atoms with van der Waals surface area (Å²) in [6.07, 6.45) is 2.40. The van der Waals surface area contributed by atoms with Gasteiger partial charge in [-0.25, -0.2) is 8.78 Å². The van der Waals surface area contributed by atoms with Crippen LogP contribution in [0, 0.1) is 28.6 Å². The minimum absolute atomic E-state index is 0.0523. The summed E-state index contributed by atoms with van der Waals surface area (Å²) >= 11 is 0.254. The summed E-state index contributed by atoms with van der Waals surface area (Å²) < 4.78 is 39.0. The average Bonchev–Trinajstić information content (AvgIpc) is 3.23. The number of amides is 1. The van der Waals surface area contributed by atoms with Crippen molar-refractivity contribution in [2.24, 2.45) is 28.6 Å². The SMILES string of the molecule is CC(CO)C(=O)OC1=C(C(=O)SC(=O)N(C)C)[C@@]2(C)C(=CC1=O)[C@@H](F)C[C@H]1[C@@H]3CCC[C@@]3(C)CC[C@@]12F. The number of aliphatic hydroxyl groups excluding tert-OH is 1. The highest BCUT2D eigenvalue weighted by atomic mass is 32.2. The van der Waals surface area contributed by atoms with E-state index < -0.39 is 69.1 Å². The molecule has 1 N–H and O–H groups in total. The highest BCUT2D eigenvalue weighted by Gasteiger charge is 2.70. The van der Waals surface area contributed by atoms with Crippen LogP contribution in [0.25, 0.3) is 0 Å². The molecule has 7 atom stereocenters. The Balaban J connectivity index is 1.91. The van der Waals surface area contributed by atoms with Gasteiger partial charge >= 0.3 is 5.97 Å². The molecule has 0 saturated heterocycles. The second-order valence-electron chi connectivity index (χ2n) is 11.7. The fourth-order valence-corrected chi connectivity index (χ4v) is 7.88. The highest BCUT2D eigenvalue weighted by Crippen LogP contribution is 2.70. The van der Waals surface area contributed by atoms with Gasteiger partial charge in [-0.3, -0.25) is 19.2 Å². The first kappa shape index (κ1) is 28.0. The molecule has 0 bridgehead atoms. The lowest BCUT2D eigenvalue weighted by atomic mass is 9.45. The van der Waals surface area contributed by atoms with E-state index in [4.69, 9.17) is 4.74 Å². The quantitative estimate of drug-likeness (QED) is 0.524. The molecule has 0 spiro atoms. The Bertz CT molecular complexity index is 1100. The van der Waals surface area contributed by atoms with Crippen molar-refractivity contribution < 1.29 is 37.8 Å². The number of ether oxygens (including phenoxy) is 1. The molecule has 7 nitrogen and oxygen atoms in total. The van der Waals surface area contributed by atoms with E-state index in [9.17, 15) is 24.3 Å². The zero-order valence-electron chi connectivity index (χ0n) is 21.9. The minimum Gasteiger partial charge on any atom is -0.422 e. The van der Waals surface area contributed by atoms with Crippen LogP contribution in [0.4, 0.5) is 13.6 Å². The molecule has 10 heteroatoms. The number of aliphatic hydroxyl groups is 1. The molecule has 204 valence electrons. The maximum Gasteiger partial charge on any atom is 0.316 e. The van der Waals surface area contributed by atoms with Crippen LogP contribution in [-0.4, -0.2) is 64.7 Å². The Labute approximate surface area is 220 Å². The van der Waals surface area contributed by atoms with E-state index in [0.717, 1.165) is 30.2 Å². The average molecular weight is 540 g/mol. The Kier molecular flexibility index (Phi) is 7.25. The number of carbonyl (C=O) groups excluding carboxylic acids is 4. The number of thioether (sulfide) groups is 1. The monoisotopic (exact) mass is 539 g/mol. The lowest BCUT2D eigenvalue weighted by Crippen LogP contribution is -2.63.